The minimum absolute atomic E-state index is 0.242. The summed E-state index contributed by atoms with van der Waals surface area (Å²) >= 11 is 0. The third kappa shape index (κ3) is 7.88. The van der Waals surface area contributed by atoms with E-state index in [4.69, 9.17) is 0 Å². The van der Waals surface area contributed by atoms with Gasteiger partial charge in [0.15, 0.2) is 0 Å². The molecule has 1 N–H and O–H groups in total. The van der Waals surface area contributed by atoms with Crippen LogP contribution in [0.1, 0.15) is 84.0 Å². The third-order valence-electron chi connectivity index (χ3n) is 4.24. The summed E-state index contributed by atoms with van der Waals surface area (Å²) in [5, 5.41) is 9.56. The largest absolute Gasteiger partial charge is 0.391 e. The highest BCUT2D eigenvalue weighted by molar-refractivity contribution is 5.76. The van der Waals surface area contributed by atoms with Crippen molar-refractivity contribution < 1.29 is 9.90 Å². The Bertz CT molecular complexity index is 255. The SMILES string of the molecule is CCCCCCCCCCCC(=O)N1CCC[C@H](O)C1. The van der Waals surface area contributed by atoms with E-state index in [0.717, 1.165) is 25.8 Å². The number of β-amino-alcohol motifs (C(OH)–C–C–N with tert-alkyl or cyclic N) is 1. The van der Waals surface area contributed by atoms with E-state index in [0.29, 0.717) is 13.0 Å². The van der Waals surface area contributed by atoms with E-state index in [1.165, 1.54) is 51.4 Å². The van der Waals surface area contributed by atoms with Crippen LogP contribution >= 0.6 is 0 Å². The summed E-state index contributed by atoms with van der Waals surface area (Å²) in [5.74, 6) is 0.242. The number of nitrogens with zero attached hydrogens (tertiary/aromatic N) is 1. The van der Waals surface area contributed by atoms with Crippen LogP contribution in [0.4, 0.5) is 0 Å². The molecule has 0 aromatic carbocycles. The molecule has 3 heteroatoms. The average Bonchev–Trinajstić information content (AvgIpc) is 2.45. The first kappa shape index (κ1) is 17.5. The molecule has 1 amide bonds. The summed E-state index contributed by atoms with van der Waals surface area (Å²) in [5.41, 5.74) is 0. The minimum atomic E-state index is -0.296. The molecule has 1 heterocycles. The first-order valence-corrected chi connectivity index (χ1v) is 8.70. The van der Waals surface area contributed by atoms with Crippen molar-refractivity contribution in [2.75, 3.05) is 13.1 Å². The molecule has 0 unspecified atom stereocenters. The summed E-state index contributed by atoms with van der Waals surface area (Å²) in [4.78, 5) is 13.8. The Morgan fingerprint density at radius 3 is 2.25 bits per heavy atom. The monoisotopic (exact) mass is 283 g/mol. The number of amides is 1. The molecule has 1 saturated heterocycles. The number of carbonyl (C=O) groups excluding carboxylic acids is 1. The van der Waals surface area contributed by atoms with Gasteiger partial charge in [0, 0.05) is 19.5 Å². The molecule has 1 aliphatic heterocycles. The van der Waals surface area contributed by atoms with Gasteiger partial charge in [0.2, 0.25) is 5.91 Å². The van der Waals surface area contributed by atoms with E-state index >= 15 is 0 Å². The molecule has 1 atom stereocenters. The van der Waals surface area contributed by atoms with Gasteiger partial charge in [-0.1, -0.05) is 58.3 Å². The Balaban J connectivity index is 1.91. The molecule has 0 aromatic heterocycles. The molecule has 0 aliphatic carbocycles. The van der Waals surface area contributed by atoms with Crippen molar-refractivity contribution in [3.8, 4) is 0 Å². The van der Waals surface area contributed by atoms with Gasteiger partial charge in [-0.3, -0.25) is 4.79 Å². The molecule has 0 bridgehead atoms. The number of hydrogen-bond acceptors (Lipinski definition) is 2. The molecule has 0 spiro atoms. The van der Waals surface area contributed by atoms with Gasteiger partial charge in [0.05, 0.1) is 6.10 Å². The topological polar surface area (TPSA) is 40.5 Å². The van der Waals surface area contributed by atoms with Crippen LogP contribution in [0.15, 0.2) is 0 Å². The van der Waals surface area contributed by atoms with Gasteiger partial charge < -0.3 is 10.0 Å². The fourth-order valence-electron chi connectivity index (χ4n) is 2.93. The summed E-state index contributed by atoms with van der Waals surface area (Å²) in [6, 6.07) is 0. The molecule has 0 saturated carbocycles. The summed E-state index contributed by atoms with van der Waals surface area (Å²) in [6.45, 7) is 3.64. The zero-order chi connectivity index (χ0) is 14.6. The molecule has 20 heavy (non-hydrogen) atoms. The summed E-state index contributed by atoms with van der Waals surface area (Å²) in [7, 11) is 0. The second kappa shape index (κ2) is 11.1. The average molecular weight is 283 g/mol. The smallest absolute Gasteiger partial charge is 0.222 e. The highest BCUT2D eigenvalue weighted by Gasteiger charge is 2.21. The van der Waals surface area contributed by atoms with Gasteiger partial charge in [-0.15, -0.1) is 0 Å². The quantitative estimate of drug-likeness (QED) is 0.618. The Kier molecular flexibility index (Phi) is 9.73. The van der Waals surface area contributed by atoms with E-state index in [9.17, 15) is 9.90 Å². The fraction of sp³-hybridized carbons (Fsp3) is 0.941. The van der Waals surface area contributed by atoms with Crippen molar-refractivity contribution in [1.29, 1.82) is 0 Å². The number of likely N-dealkylation sites (tertiary alicyclic amines) is 1. The number of aliphatic hydroxyl groups is 1. The Morgan fingerprint density at radius 1 is 1.05 bits per heavy atom. The highest BCUT2D eigenvalue weighted by atomic mass is 16.3. The predicted octanol–water partition coefficient (Wildman–Crippen LogP) is 3.89. The number of unbranched alkanes of at least 4 members (excludes halogenated alkanes) is 8. The van der Waals surface area contributed by atoms with Crippen LogP contribution in [0, 0.1) is 0 Å². The number of aliphatic hydroxyl groups excluding tert-OH is 1. The third-order valence-corrected chi connectivity index (χ3v) is 4.24. The minimum Gasteiger partial charge on any atom is -0.391 e. The van der Waals surface area contributed by atoms with E-state index in [2.05, 4.69) is 6.92 Å². The van der Waals surface area contributed by atoms with E-state index in [-0.39, 0.29) is 12.0 Å². The second-order valence-corrected chi connectivity index (χ2v) is 6.21. The van der Waals surface area contributed by atoms with Crippen LogP contribution in [0.5, 0.6) is 0 Å². The zero-order valence-corrected chi connectivity index (χ0v) is 13.3. The Labute approximate surface area is 124 Å². The first-order valence-electron chi connectivity index (χ1n) is 8.70. The number of rotatable bonds is 10. The molecular formula is C17H33NO2. The van der Waals surface area contributed by atoms with Crippen molar-refractivity contribution in [3.63, 3.8) is 0 Å². The van der Waals surface area contributed by atoms with Crippen molar-refractivity contribution >= 4 is 5.91 Å². The van der Waals surface area contributed by atoms with Crippen molar-refractivity contribution in [2.24, 2.45) is 0 Å². The van der Waals surface area contributed by atoms with E-state index < -0.39 is 0 Å². The van der Waals surface area contributed by atoms with Crippen molar-refractivity contribution in [3.05, 3.63) is 0 Å². The van der Waals surface area contributed by atoms with Gasteiger partial charge in [-0.25, -0.2) is 0 Å². The van der Waals surface area contributed by atoms with Crippen LogP contribution in [-0.2, 0) is 4.79 Å². The zero-order valence-electron chi connectivity index (χ0n) is 13.3. The fourth-order valence-corrected chi connectivity index (χ4v) is 2.93. The lowest BCUT2D eigenvalue weighted by atomic mass is 10.1. The number of piperidine rings is 1. The summed E-state index contributed by atoms with van der Waals surface area (Å²) in [6.07, 6.45) is 13.7. The highest BCUT2D eigenvalue weighted by Crippen LogP contribution is 2.14. The van der Waals surface area contributed by atoms with Crippen LogP contribution < -0.4 is 0 Å². The molecular weight excluding hydrogens is 250 g/mol. The molecule has 1 fully saturated rings. The lowest BCUT2D eigenvalue weighted by Gasteiger charge is -2.30. The molecule has 0 aromatic rings. The standard InChI is InChI=1S/C17H33NO2/c1-2-3-4-5-6-7-8-9-10-13-17(20)18-14-11-12-16(19)15-18/h16,19H,2-15H2,1H3/t16-/m0/s1. The maximum atomic E-state index is 12.0. The van der Waals surface area contributed by atoms with Crippen molar-refractivity contribution in [2.45, 2.75) is 90.1 Å². The lowest BCUT2D eigenvalue weighted by molar-refractivity contribution is -0.134. The van der Waals surface area contributed by atoms with Gasteiger partial charge >= 0.3 is 0 Å². The van der Waals surface area contributed by atoms with Crippen molar-refractivity contribution in [1.82, 2.24) is 4.90 Å². The number of hydrogen-bond donors (Lipinski definition) is 1. The van der Waals surface area contributed by atoms with Crippen LogP contribution in [0.2, 0.25) is 0 Å². The van der Waals surface area contributed by atoms with Gasteiger partial charge in [-0.2, -0.15) is 0 Å². The van der Waals surface area contributed by atoms with E-state index in [1.807, 2.05) is 4.90 Å². The Hall–Kier alpha value is -0.570. The molecule has 0 radical (unpaired) electrons. The van der Waals surface area contributed by atoms with Crippen LogP contribution in [-0.4, -0.2) is 35.1 Å². The van der Waals surface area contributed by atoms with Crippen LogP contribution in [0.3, 0.4) is 0 Å². The normalized spacial score (nSPS) is 19.3. The maximum absolute atomic E-state index is 12.0. The second-order valence-electron chi connectivity index (χ2n) is 6.21. The molecule has 3 nitrogen and oxygen atoms in total. The number of carbonyl (C=O) groups is 1. The summed E-state index contributed by atoms with van der Waals surface area (Å²) < 4.78 is 0. The van der Waals surface area contributed by atoms with Gasteiger partial charge in [0.1, 0.15) is 0 Å². The first-order chi connectivity index (χ1) is 9.74. The van der Waals surface area contributed by atoms with E-state index in [1.54, 1.807) is 0 Å². The predicted molar refractivity (Wildman–Crippen MR) is 83.7 cm³/mol. The Morgan fingerprint density at radius 2 is 1.65 bits per heavy atom. The molecule has 118 valence electrons. The maximum Gasteiger partial charge on any atom is 0.222 e. The molecule has 1 rings (SSSR count). The molecule has 1 aliphatic rings. The van der Waals surface area contributed by atoms with Crippen LogP contribution in [0.25, 0.3) is 0 Å². The lowest BCUT2D eigenvalue weighted by Crippen LogP contribution is -2.42. The van der Waals surface area contributed by atoms with Gasteiger partial charge in [0.25, 0.3) is 0 Å². The van der Waals surface area contributed by atoms with Gasteiger partial charge in [-0.05, 0) is 19.3 Å².